The van der Waals surface area contributed by atoms with Crippen LogP contribution in [-0.2, 0) is 91.3 Å². The number of aliphatic carboxylic acids is 1. The molecule has 11 atom stereocenters. The number of halogens is 1. The van der Waals surface area contributed by atoms with Gasteiger partial charge in [0.25, 0.3) is 0 Å². The lowest BCUT2D eigenvalue weighted by Gasteiger charge is -2.34. The van der Waals surface area contributed by atoms with Gasteiger partial charge in [0.15, 0.2) is 5.82 Å². The topological polar surface area (TPSA) is 525 Å². The summed E-state index contributed by atoms with van der Waals surface area (Å²) in [4.78, 5) is 162. The van der Waals surface area contributed by atoms with E-state index >= 15 is 4.39 Å². The number of ether oxygens (including phenoxy) is 1. The summed E-state index contributed by atoms with van der Waals surface area (Å²) in [5, 5.41) is 77.9. The third kappa shape index (κ3) is 26.3. The van der Waals surface area contributed by atoms with Crippen LogP contribution in [0.4, 0.5) is 4.39 Å². The highest BCUT2D eigenvalue weighted by Crippen LogP contribution is 2.29. The molecule has 6 aromatic rings. The molecule has 110 heavy (non-hydrogen) atoms. The number of aliphatic hydroxyl groups is 3. The third-order valence-corrected chi connectivity index (χ3v) is 18.7. The zero-order valence-corrected chi connectivity index (χ0v) is 62.4. The van der Waals surface area contributed by atoms with Gasteiger partial charge in [0, 0.05) is 50.7 Å². The Labute approximate surface area is 635 Å². The number of unbranched alkanes of at least 4 members (excludes halogenated alkanes) is 1. The van der Waals surface area contributed by atoms with Crippen molar-refractivity contribution < 1.29 is 82.3 Å². The molecule has 0 unspecified atom stereocenters. The van der Waals surface area contributed by atoms with Gasteiger partial charge in [0.05, 0.1) is 50.6 Å². The largest absolute Gasteiger partial charge is 0.494 e. The van der Waals surface area contributed by atoms with E-state index in [1.54, 1.807) is 36.8 Å². The second-order valence-electron chi connectivity index (χ2n) is 27.7. The van der Waals surface area contributed by atoms with E-state index in [1.165, 1.54) is 18.2 Å². The molecule has 3 heterocycles. The molecule has 1 fully saturated rings. The monoisotopic (exact) mass is 1530 g/mol. The molecule has 1 aliphatic rings. The number of nitrogens with two attached hydrogens (primary N) is 2. The Hall–Kier alpha value is -11.1. The minimum absolute atomic E-state index is 0.0468. The van der Waals surface area contributed by atoms with Crippen molar-refractivity contribution in [3.8, 4) is 16.9 Å². The Morgan fingerprint density at radius 1 is 0.727 bits per heavy atom. The van der Waals surface area contributed by atoms with Crippen LogP contribution in [0.25, 0.3) is 11.1 Å². The minimum Gasteiger partial charge on any atom is -0.494 e. The standard InChI is InChI=1S/C75H101FN18O16/c1-7-48-33-53(110-28-11-10-25-77)21-22-54(48)49-19-17-46(18-20-49)32-57(69(104)82-56(66(78)101)16-12-13-47-30-42(2)29-43(3)31-47)84-70(105)59(35-63(99)100)85-71(106)60(40-95)86-72(107)64(44(4)96)88-74(109)75(6,36-50-14-8-9-15-55(50)76)89-73(108)65(45(5)97)87-62(98)38-80-68(103)58(34-61-90-92-93-91-61)83-67(102)51-23-26-94(39-51)27-24-52-37-79-41-81-52/h8-9,14-15,17-22,29-31,33,37,41,44-45,51,56-60,64-65,95-97H,7,10-13,16,23-28,32,34-36,38-40,77H2,1-6H3,(H2,78,101)(H,79,81)(H,80,103)(H,82,104)(H,83,102)(H,84,105)(H,85,106)(H,86,107)(H,87,98)(H,88,109)(H,89,108)(H,99,100)(H,90,91,92,93)/t44-,45-,51-,56+,57+,58+,59+,60+,64+,65+,75+/m1/s1. The number of rotatable bonds is 44. The number of imidazole rings is 1. The summed E-state index contributed by atoms with van der Waals surface area (Å²) in [6, 6.07) is 11.5. The molecular formula is C75H101FN18O16. The number of aromatic nitrogens is 6. The zero-order valence-electron chi connectivity index (χ0n) is 62.4. The number of benzene rings is 4. The zero-order chi connectivity index (χ0) is 80.2. The van der Waals surface area contributed by atoms with Gasteiger partial charge in [0.1, 0.15) is 59.4 Å². The van der Waals surface area contributed by atoms with Crippen molar-refractivity contribution in [3.63, 3.8) is 0 Å². The summed E-state index contributed by atoms with van der Waals surface area (Å²) in [5.74, 6) is -13.0. The molecule has 594 valence electrons. The van der Waals surface area contributed by atoms with Gasteiger partial charge in [0.2, 0.25) is 59.1 Å². The van der Waals surface area contributed by atoms with Gasteiger partial charge in [-0.3, -0.25) is 52.7 Å². The first-order valence-corrected chi connectivity index (χ1v) is 36.4. The predicted molar refractivity (Wildman–Crippen MR) is 397 cm³/mol. The van der Waals surface area contributed by atoms with E-state index in [-0.39, 0.29) is 30.7 Å². The van der Waals surface area contributed by atoms with Gasteiger partial charge in [-0.2, -0.15) is 5.21 Å². The van der Waals surface area contributed by atoms with E-state index < -0.39 is 163 Å². The number of aromatic amines is 2. The van der Waals surface area contributed by atoms with Crippen molar-refractivity contribution in [1.82, 2.24) is 83.3 Å². The molecule has 0 saturated carbocycles. The van der Waals surface area contributed by atoms with Crippen LogP contribution < -0.4 is 64.1 Å². The number of hydrogen-bond acceptors (Lipinski definition) is 21. The molecule has 4 aromatic carbocycles. The minimum atomic E-state index is -2.37. The van der Waals surface area contributed by atoms with Crippen LogP contribution in [0.5, 0.6) is 5.75 Å². The average molecular weight is 1530 g/mol. The fourth-order valence-electron chi connectivity index (χ4n) is 12.7. The lowest BCUT2D eigenvalue weighted by atomic mass is 9.90. The number of aryl methyl sites for hydroxylation is 4. The molecule has 0 aliphatic carbocycles. The van der Waals surface area contributed by atoms with E-state index in [9.17, 15) is 73.2 Å². The van der Waals surface area contributed by atoms with E-state index in [1.807, 2.05) is 57.2 Å². The normalized spacial score (nSPS) is 15.8. The molecule has 19 N–H and O–H groups in total. The molecule has 0 spiro atoms. The molecule has 1 aliphatic heterocycles. The Morgan fingerprint density at radius 2 is 1.39 bits per heavy atom. The highest BCUT2D eigenvalue weighted by Gasteiger charge is 2.43. The molecule has 34 nitrogen and oxygen atoms in total. The van der Waals surface area contributed by atoms with E-state index in [2.05, 4.69) is 83.3 Å². The molecule has 10 amide bonds. The van der Waals surface area contributed by atoms with Crippen molar-refractivity contribution in [2.75, 3.05) is 45.9 Å². The van der Waals surface area contributed by atoms with Gasteiger partial charge >= 0.3 is 5.97 Å². The van der Waals surface area contributed by atoms with Crippen LogP contribution in [0.1, 0.15) is 111 Å². The first kappa shape index (κ1) is 86.1. The number of primary amides is 1. The van der Waals surface area contributed by atoms with Gasteiger partial charge in [-0.15, -0.1) is 10.2 Å². The summed E-state index contributed by atoms with van der Waals surface area (Å²) in [5.41, 5.74) is 16.1. The molecule has 7 rings (SSSR count). The predicted octanol–water partition coefficient (Wildman–Crippen LogP) is -1.26. The summed E-state index contributed by atoms with van der Waals surface area (Å²) in [7, 11) is 0. The number of hydrogen-bond donors (Lipinski definition) is 17. The highest BCUT2D eigenvalue weighted by atomic mass is 19.1. The van der Waals surface area contributed by atoms with Crippen LogP contribution in [0.3, 0.4) is 0 Å². The molecule has 0 radical (unpaired) electrons. The van der Waals surface area contributed by atoms with Crippen molar-refractivity contribution in [2.45, 2.75) is 179 Å². The van der Waals surface area contributed by atoms with Crippen molar-refractivity contribution in [3.05, 3.63) is 148 Å². The Kier molecular flexibility index (Phi) is 32.9. The Balaban J connectivity index is 1.03. The molecule has 1 saturated heterocycles. The van der Waals surface area contributed by atoms with Crippen LogP contribution in [0.2, 0.25) is 0 Å². The summed E-state index contributed by atoms with van der Waals surface area (Å²) in [6.07, 6.45) is 1.72. The quantitative estimate of drug-likeness (QED) is 0.0199. The number of carbonyl (C=O) groups excluding carboxylic acids is 10. The average Bonchev–Trinajstić information content (AvgIpc) is 0.866. The van der Waals surface area contributed by atoms with Crippen LogP contribution in [-0.4, -0.2) is 227 Å². The van der Waals surface area contributed by atoms with Crippen LogP contribution in [0.15, 0.2) is 97.5 Å². The molecule has 35 heteroatoms. The van der Waals surface area contributed by atoms with Gasteiger partial charge in [-0.05, 0) is 144 Å². The van der Waals surface area contributed by atoms with Crippen LogP contribution >= 0.6 is 0 Å². The lowest BCUT2D eigenvalue weighted by molar-refractivity contribution is -0.142. The second-order valence-corrected chi connectivity index (χ2v) is 27.7. The summed E-state index contributed by atoms with van der Waals surface area (Å²) >= 11 is 0. The molecular weight excluding hydrogens is 1430 g/mol. The smallest absolute Gasteiger partial charge is 0.305 e. The van der Waals surface area contributed by atoms with E-state index in [4.69, 9.17) is 16.2 Å². The van der Waals surface area contributed by atoms with Gasteiger partial charge in [-0.25, -0.2) is 9.37 Å². The summed E-state index contributed by atoms with van der Waals surface area (Å²) < 4.78 is 21.5. The number of amides is 10. The number of carboxylic acid groups (broad SMARTS) is 1. The SMILES string of the molecule is CCc1cc(OCCCCN)ccc1-c1ccc(C[C@H](NC(=O)[C@H](CC(=O)O)NC(=O)[C@H](CO)NC(=O)[C@@H](NC(=O)[C@](C)(Cc2ccccc2F)NC(=O)[C@@H](NC(=O)CNC(=O)[C@H](Cc2nn[nH]n2)NC(=O)[C@@H]2CCN(CCc3cnc[nH]3)C2)[C@@H](C)O)[C@@H](C)O)C(=O)N[C@@H](CCCc2cc(C)cc(C)c2)C(N)=O)cc1. The lowest BCUT2D eigenvalue weighted by Crippen LogP contribution is -2.67. The first-order chi connectivity index (χ1) is 52.5. The number of nitrogens with one attached hydrogen (secondary N) is 11. The number of likely N-dealkylation sites (tertiary alicyclic amines) is 1. The van der Waals surface area contributed by atoms with Crippen molar-refractivity contribution >= 4 is 65.0 Å². The van der Waals surface area contributed by atoms with Gasteiger partial charge in [-0.1, -0.05) is 90.0 Å². The molecule has 0 bridgehead atoms. The van der Waals surface area contributed by atoms with Crippen molar-refractivity contribution in [2.24, 2.45) is 17.4 Å². The van der Waals surface area contributed by atoms with Crippen molar-refractivity contribution in [1.29, 1.82) is 0 Å². The van der Waals surface area contributed by atoms with Crippen LogP contribution in [0, 0.1) is 25.6 Å². The Morgan fingerprint density at radius 3 is 2.03 bits per heavy atom. The van der Waals surface area contributed by atoms with E-state index in [0.29, 0.717) is 76.2 Å². The number of carboxylic acids is 1. The number of aliphatic hydroxyl groups excluding tert-OH is 3. The fourth-order valence-corrected chi connectivity index (χ4v) is 12.7. The van der Waals surface area contributed by atoms with Gasteiger partial charge < -0.3 is 94.4 Å². The fraction of sp³-hybridized carbons (Fsp3) is 0.480. The highest BCUT2D eigenvalue weighted by molar-refractivity contribution is 6.00. The first-order valence-electron chi connectivity index (χ1n) is 36.4. The number of nitrogens with zero attached hydrogens (tertiary/aromatic N) is 5. The molecule has 2 aromatic heterocycles. The summed E-state index contributed by atoms with van der Waals surface area (Å²) in [6.45, 7) is 9.72. The third-order valence-electron chi connectivity index (χ3n) is 18.7. The maximum Gasteiger partial charge on any atom is 0.305 e. The number of carbonyl (C=O) groups is 11. The number of tetrazole rings is 1. The maximum atomic E-state index is 15.5. The van der Waals surface area contributed by atoms with E-state index in [0.717, 1.165) is 78.8 Å². The Bertz CT molecular complexity index is 4090. The number of H-pyrrole nitrogens is 2. The second kappa shape index (κ2) is 42.0. The maximum absolute atomic E-state index is 15.5.